The maximum absolute atomic E-state index is 4.58. The fourth-order valence-electron chi connectivity index (χ4n) is 2.72. The van der Waals surface area contributed by atoms with Gasteiger partial charge in [0.2, 0.25) is 0 Å². The lowest BCUT2D eigenvalue weighted by Crippen LogP contribution is -2.24. The van der Waals surface area contributed by atoms with E-state index in [0.717, 1.165) is 6.54 Å². The minimum atomic E-state index is 0.587. The Hall–Kier alpha value is -0.830. The van der Waals surface area contributed by atoms with Gasteiger partial charge in [-0.3, -0.25) is 0 Å². The van der Waals surface area contributed by atoms with Gasteiger partial charge in [0, 0.05) is 18.3 Å². The lowest BCUT2D eigenvalue weighted by Gasteiger charge is -2.22. The molecule has 0 amide bonds. The van der Waals surface area contributed by atoms with Crippen molar-refractivity contribution in [1.82, 2.24) is 14.9 Å². The van der Waals surface area contributed by atoms with E-state index >= 15 is 0 Å². The molecule has 1 N–H and O–H groups in total. The van der Waals surface area contributed by atoms with Crippen molar-refractivity contribution in [2.45, 2.75) is 51.5 Å². The minimum Gasteiger partial charge on any atom is -0.330 e. The SMILES string of the molecule is CCCC(CNC)n1cnc2c1CCCC2. The standard InChI is InChI=1S/C13H23N3/c1-3-6-11(9-14-2)16-10-15-12-7-4-5-8-13(12)16/h10-11,14H,3-9H2,1-2H3. The zero-order valence-corrected chi connectivity index (χ0v) is 10.5. The van der Waals surface area contributed by atoms with Gasteiger partial charge in [-0.1, -0.05) is 13.3 Å². The van der Waals surface area contributed by atoms with Crippen molar-refractivity contribution in [2.75, 3.05) is 13.6 Å². The Bertz CT molecular complexity index is 324. The summed E-state index contributed by atoms with van der Waals surface area (Å²) in [4.78, 5) is 4.58. The molecule has 0 bridgehead atoms. The Morgan fingerprint density at radius 3 is 3.00 bits per heavy atom. The summed E-state index contributed by atoms with van der Waals surface area (Å²) >= 11 is 0. The molecular weight excluding hydrogens is 198 g/mol. The second-order valence-electron chi connectivity index (χ2n) is 4.75. The van der Waals surface area contributed by atoms with E-state index in [4.69, 9.17) is 0 Å². The number of aryl methyl sites for hydroxylation is 1. The summed E-state index contributed by atoms with van der Waals surface area (Å²) in [5.41, 5.74) is 2.85. The van der Waals surface area contributed by atoms with Crippen molar-refractivity contribution in [3.05, 3.63) is 17.7 Å². The number of nitrogens with zero attached hydrogens (tertiary/aromatic N) is 2. The number of rotatable bonds is 5. The molecule has 0 aromatic carbocycles. The van der Waals surface area contributed by atoms with Gasteiger partial charge in [-0.05, 0) is 39.2 Å². The van der Waals surface area contributed by atoms with Gasteiger partial charge in [0.25, 0.3) is 0 Å². The van der Waals surface area contributed by atoms with Crippen LogP contribution in [-0.2, 0) is 12.8 Å². The molecule has 2 rings (SSSR count). The number of fused-ring (bicyclic) bond motifs is 1. The second-order valence-corrected chi connectivity index (χ2v) is 4.75. The summed E-state index contributed by atoms with van der Waals surface area (Å²) in [5.74, 6) is 0. The van der Waals surface area contributed by atoms with E-state index in [1.165, 1.54) is 49.9 Å². The van der Waals surface area contributed by atoms with E-state index in [1.54, 1.807) is 0 Å². The largest absolute Gasteiger partial charge is 0.330 e. The summed E-state index contributed by atoms with van der Waals surface area (Å²) in [5, 5.41) is 3.30. The Labute approximate surface area is 98.3 Å². The van der Waals surface area contributed by atoms with Crippen LogP contribution in [0.4, 0.5) is 0 Å². The molecule has 1 aromatic heterocycles. The molecule has 3 heteroatoms. The molecule has 3 nitrogen and oxygen atoms in total. The Kier molecular flexibility index (Phi) is 3.99. The van der Waals surface area contributed by atoms with Crippen molar-refractivity contribution in [3.8, 4) is 0 Å². The topological polar surface area (TPSA) is 29.9 Å². The summed E-state index contributed by atoms with van der Waals surface area (Å²) in [7, 11) is 2.03. The van der Waals surface area contributed by atoms with Gasteiger partial charge in [0.05, 0.1) is 12.0 Å². The first-order valence-electron chi connectivity index (χ1n) is 6.56. The highest BCUT2D eigenvalue weighted by molar-refractivity contribution is 5.17. The normalized spacial score (nSPS) is 17.1. The van der Waals surface area contributed by atoms with Gasteiger partial charge in [-0.15, -0.1) is 0 Å². The van der Waals surface area contributed by atoms with E-state index < -0.39 is 0 Å². The predicted octanol–water partition coefficient (Wildman–Crippen LogP) is 2.32. The van der Waals surface area contributed by atoms with E-state index in [1.807, 2.05) is 7.05 Å². The third-order valence-electron chi connectivity index (χ3n) is 3.51. The van der Waals surface area contributed by atoms with Gasteiger partial charge >= 0.3 is 0 Å². The summed E-state index contributed by atoms with van der Waals surface area (Å²) in [6.07, 6.45) is 9.59. The molecule has 1 aromatic rings. The number of hydrogen-bond acceptors (Lipinski definition) is 2. The van der Waals surface area contributed by atoms with Gasteiger partial charge in [-0.25, -0.2) is 4.98 Å². The van der Waals surface area contributed by atoms with Crippen LogP contribution in [0.25, 0.3) is 0 Å². The van der Waals surface area contributed by atoms with Crippen molar-refractivity contribution >= 4 is 0 Å². The number of nitrogens with one attached hydrogen (secondary N) is 1. The number of aromatic nitrogens is 2. The number of imidazole rings is 1. The van der Waals surface area contributed by atoms with Crippen LogP contribution >= 0.6 is 0 Å². The van der Waals surface area contributed by atoms with Crippen LogP contribution in [0, 0.1) is 0 Å². The van der Waals surface area contributed by atoms with Gasteiger partial charge in [-0.2, -0.15) is 0 Å². The minimum absolute atomic E-state index is 0.587. The van der Waals surface area contributed by atoms with E-state index in [9.17, 15) is 0 Å². The summed E-state index contributed by atoms with van der Waals surface area (Å²) in [6, 6.07) is 0.587. The third-order valence-corrected chi connectivity index (χ3v) is 3.51. The monoisotopic (exact) mass is 221 g/mol. The van der Waals surface area contributed by atoms with Crippen LogP contribution in [0.1, 0.15) is 50.0 Å². The molecule has 1 atom stereocenters. The molecule has 16 heavy (non-hydrogen) atoms. The Morgan fingerprint density at radius 1 is 1.44 bits per heavy atom. The molecule has 1 aliphatic rings. The van der Waals surface area contributed by atoms with E-state index in [-0.39, 0.29) is 0 Å². The fourth-order valence-corrected chi connectivity index (χ4v) is 2.72. The molecule has 1 unspecified atom stereocenters. The molecule has 0 radical (unpaired) electrons. The molecule has 1 aliphatic carbocycles. The van der Waals surface area contributed by atoms with Crippen LogP contribution in [0.15, 0.2) is 6.33 Å². The Balaban J connectivity index is 2.19. The highest BCUT2D eigenvalue weighted by atomic mass is 15.1. The molecule has 90 valence electrons. The van der Waals surface area contributed by atoms with Crippen molar-refractivity contribution in [2.24, 2.45) is 0 Å². The number of likely N-dealkylation sites (N-methyl/N-ethyl adjacent to an activating group) is 1. The van der Waals surface area contributed by atoms with Crippen LogP contribution in [0.5, 0.6) is 0 Å². The summed E-state index contributed by atoms with van der Waals surface area (Å²) in [6.45, 7) is 3.31. The quantitative estimate of drug-likeness (QED) is 0.827. The highest BCUT2D eigenvalue weighted by Crippen LogP contribution is 2.24. The second kappa shape index (κ2) is 5.48. The first-order chi connectivity index (χ1) is 7.86. The maximum Gasteiger partial charge on any atom is 0.0954 e. The van der Waals surface area contributed by atoms with Gasteiger partial charge in [0.1, 0.15) is 0 Å². The highest BCUT2D eigenvalue weighted by Gasteiger charge is 2.19. The van der Waals surface area contributed by atoms with Gasteiger partial charge < -0.3 is 9.88 Å². The summed E-state index contributed by atoms with van der Waals surface area (Å²) < 4.78 is 2.43. The molecule has 0 aliphatic heterocycles. The molecule has 0 saturated heterocycles. The molecular formula is C13H23N3. The van der Waals surface area contributed by atoms with Crippen molar-refractivity contribution < 1.29 is 0 Å². The maximum atomic E-state index is 4.58. The molecule has 0 fully saturated rings. The van der Waals surface area contributed by atoms with E-state index in [2.05, 4.69) is 28.1 Å². The predicted molar refractivity (Wildman–Crippen MR) is 66.7 cm³/mol. The van der Waals surface area contributed by atoms with Gasteiger partial charge in [0.15, 0.2) is 0 Å². The van der Waals surface area contributed by atoms with Crippen LogP contribution in [-0.4, -0.2) is 23.1 Å². The Morgan fingerprint density at radius 2 is 2.25 bits per heavy atom. The third kappa shape index (κ3) is 2.29. The lowest BCUT2D eigenvalue weighted by molar-refractivity contribution is 0.426. The first-order valence-corrected chi connectivity index (χ1v) is 6.56. The van der Waals surface area contributed by atoms with Crippen LogP contribution < -0.4 is 5.32 Å². The van der Waals surface area contributed by atoms with Crippen molar-refractivity contribution in [1.29, 1.82) is 0 Å². The van der Waals surface area contributed by atoms with E-state index in [0.29, 0.717) is 6.04 Å². The first kappa shape index (κ1) is 11.6. The fraction of sp³-hybridized carbons (Fsp3) is 0.769. The lowest BCUT2D eigenvalue weighted by atomic mass is 10.0. The average molecular weight is 221 g/mol. The smallest absolute Gasteiger partial charge is 0.0954 e. The zero-order valence-electron chi connectivity index (χ0n) is 10.5. The zero-order chi connectivity index (χ0) is 11.4. The average Bonchev–Trinajstić information content (AvgIpc) is 2.72. The molecule has 1 heterocycles. The number of hydrogen-bond donors (Lipinski definition) is 1. The van der Waals surface area contributed by atoms with Crippen molar-refractivity contribution in [3.63, 3.8) is 0 Å². The molecule has 0 spiro atoms. The molecule has 0 saturated carbocycles. The van der Waals surface area contributed by atoms with Crippen LogP contribution in [0.2, 0.25) is 0 Å². The van der Waals surface area contributed by atoms with Crippen LogP contribution in [0.3, 0.4) is 0 Å².